The Morgan fingerprint density at radius 2 is 2.19 bits per heavy atom. The van der Waals surface area contributed by atoms with Crippen LogP contribution in [0.1, 0.15) is 6.92 Å². The minimum Gasteiger partial charge on any atom is -0.478 e. The molecule has 16 heavy (non-hydrogen) atoms. The first kappa shape index (κ1) is 12.2. The second-order valence-electron chi connectivity index (χ2n) is 3.31. The summed E-state index contributed by atoms with van der Waals surface area (Å²) in [4.78, 5) is 10.3. The molecule has 0 aromatic heterocycles. The number of anilines is 1. The standard InChI is InChI=1S/C11H11F2NO2/c1-7(4-11(15)16)6-14-10-5-8(12)2-3-9(10)13/h2-5,14H,6H2,1H3,(H,15,16)/b7-4-. The van der Waals surface area contributed by atoms with Crippen LogP contribution in [0.15, 0.2) is 29.8 Å². The fourth-order valence-corrected chi connectivity index (χ4v) is 1.13. The van der Waals surface area contributed by atoms with E-state index >= 15 is 0 Å². The van der Waals surface area contributed by atoms with Crippen molar-refractivity contribution in [3.63, 3.8) is 0 Å². The maximum atomic E-state index is 13.1. The molecule has 2 N–H and O–H groups in total. The normalized spacial score (nSPS) is 11.3. The van der Waals surface area contributed by atoms with Crippen molar-refractivity contribution in [1.82, 2.24) is 0 Å². The summed E-state index contributed by atoms with van der Waals surface area (Å²) in [5.74, 6) is -2.20. The lowest BCUT2D eigenvalue weighted by molar-refractivity contribution is -0.131. The number of nitrogens with one attached hydrogen (secondary N) is 1. The van der Waals surface area contributed by atoms with Crippen molar-refractivity contribution in [2.45, 2.75) is 6.92 Å². The first-order valence-corrected chi connectivity index (χ1v) is 4.58. The fraction of sp³-hybridized carbons (Fsp3) is 0.182. The molecule has 0 saturated carbocycles. The van der Waals surface area contributed by atoms with E-state index in [2.05, 4.69) is 5.32 Å². The maximum absolute atomic E-state index is 13.1. The molecule has 5 heteroatoms. The highest BCUT2D eigenvalue weighted by Gasteiger charge is 2.03. The lowest BCUT2D eigenvalue weighted by Gasteiger charge is -2.07. The lowest BCUT2D eigenvalue weighted by Crippen LogP contribution is -2.06. The first-order valence-electron chi connectivity index (χ1n) is 4.58. The van der Waals surface area contributed by atoms with E-state index in [1.54, 1.807) is 6.92 Å². The number of carboxylic acid groups (broad SMARTS) is 1. The molecule has 0 aliphatic carbocycles. The summed E-state index contributed by atoms with van der Waals surface area (Å²) < 4.78 is 25.9. The van der Waals surface area contributed by atoms with Gasteiger partial charge in [-0.2, -0.15) is 0 Å². The molecule has 0 aliphatic heterocycles. The van der Waals surface area contributed by atoms with Crippen LogP contribution in [0.4, 0.5) is 14.5 Å². The summed E-state index contributed by atoms with van der Waals surface area (Å²) >= 11 is 0. The number of hydrogen-bond donors (Lipinski definition) is 2. The van der Waals surface area contributed by atoms with E-state index in [0.717, 1.165) is 24.3 Å². The number of benzene rings is 1. The largest absolute Gasteiger partial charge is 0.478 e. The Morgan fingerprint density at radius 1 is 1.50 bits per heavy atom. The molecule has 86 valence electrons. The quantitative estimate of drug-likeness (QED) is 0.776. The predicted octanol–water partition coefficient (Wildman–Crippen LogP) is 2.41. The third-order valence-electron chi connectivity index (χ3n) is 1.86. The van der Waals surface area contributed by atoms with Crippen molar-refractivity contribution in [2.24, 2.45) is 0 Å². The predicted molar refractivity (Wildman–Crippen MR) is 56.2 cm³/mol. The second-order valence-corrected chi connectivity index (χ2v) is 3.31. The van der Waals surface area contributed by atoms with Gasteiger partial charge in [0.15, 0.2) is 0 Å². The molecule has 0 atom stereocenters. The SMILES string of the molecule is C/C(=C/C(=O)O)CNc1cc(F)ccc1F. The molecular formula is C11H11F2NO2. The van der Waals surface area contributed by atoms with Crippen LogP contribution in [-0.4, -0.2) is 17.6 Å². The van der Waals surface area contributed by atoms with Gasteiger partial charge in [-0.3, -0.25) is 0 Å². The minimum absolute atomic E-state index is 0.0122. The molecule has 0 spiro atoms. The van der Waals surface area contributed by atoms with Gasteiger partial charge in [-0.05, 0) is 30.7 Å². The third kappa shape index (κ3) is 3.68. The monoisotopic (exact) mass is 227 g/mol. The van der Waals surface area contributed by atoms with Gasteiger partial charge in [0.25, 0.3) is 0 Å². The van der Waals surface area contributed by atoms with E-state index in [9.17, 15) is 13.6 Å². The van der Waals surface area contributed by atoms with Crippen molar-refractivity contribution in [3.8, 4) is 0 Å². The van der Waals surface area contributed by atoms with Gasteiger partial charge in [-0.25, -0.2) is 13.6 Å². The zero-order chi connectivity index (χ0) is 12.1. The Bertz CT molecular complexity index is 430. The van der Waals surface area contributed by atoms with Gasteiger partial charge in [-0.15, -0.1) is 0 Å². The van der Waals surface area contributed by atoms with E-state index in [4.69, 9.17) is 5.11 Å². The van der Waals surface area contributed by atoms with Gasteiger partial charge in [0.2, 0.25) is 0 Å². The molecule has 0 radical (unpaired) electrons. The Balaban J connectivity index is 2.68. The van der Waals surface area contributed by atoms with Gasteiger partial charge in [0.05, 0.1) is 5.69 Å². The van der Waals surface area contributed by atoms with Crippen molar-refractivity contribution in [1.29, 1.82) is 0 Å². The summed E-state index contributed by atoms with van der Waals surface area (Å²) in [6.07, 6.45) is 1.00. The first-order chi connectivity index (χ1) is 7.49. The molecule has 0 aliphatic rings. The fourth-order valence-electron chi connectivity index (χ4n) is 1.13. The smallest absolute Gasteiger partial charge is 0.328 e. The molecular weight excluding hydrogens is 216 g/mol. The van der Waals surface area contributed by atoms with Crippen LogP contribution >= 0.6 is 0 Å². The number of halogens is 2. The number of carboxylic acids is 1. The third-order valence-corrected chi connectivity index (χ3v) is 1.86. The van der Waals surface area contributed by atoms with Gasteiger partial charge < -0.3 is 10.4 Å². The van der Waals surface area contributed by atoms with E-state index in [1.165, 1.54) is 0 Å². The Morgan fingerprint density at radius 3 is 2.81 bits per heavy atom. The average Bonchev–Trinajstić information content (AvgIpc) is 2.18. The summed E-state index contributed by atoms with van der Waals surface area (Å²) in [6.45, 7) is 1.73. The van der Waals surface area contributed by atoms with E-state index in [1.807, 2.05) is 0 Å². The molecule has 1 aromatic carbocycles. The van der Waals surface area contributed by atoms with Crippen molar-refractivity contribution in [3.05, 3.63) is 41.5 Å². The van der Waals surface area contributed by atoms with Crippen LogP contribution < -0.4 is 5.32 Å². The van der Waals surface area contributed by atoms with Gasteiger partial charge in [-0.1, -0.05) is 0 Å². The average molecular weight is 227 g/mol. The maximum Gasteiger partial charge on any atom is 0.328 e. The molecule has 0 heterocycles. The van der Waals surface area contributed by atoms with Gasteiger partial charge >= 0.3 is 5.97 Å². The number of carbonyl (C=O) groups is 1. The topological polar surface area (TPSA) is 49.3 Å². The Kier molecular flexibility index (Phi) is 3.99. The van der Waals surface area contributed by atoms with Crippen LogP contribution in [0.5, 0.6) is 0 Å². The van der Waals surface area contributed by atoms with Crippen LogP contribution in [0, 0.1) is 11.6 Å². The van der Waals surface area contributed by atoms with Crippen LogP contribution in [0.25, 0.3) is 0 Å². The van der Waals surface area contributed by atoms with Crippen molar-refractivity contribution in [2.75, 3.05) is 11.9 Å². The van der Waals surface area contributed by atoms with E-state index in [0.29, 0.717) is 5.57 Å². The molecule has 0 unspecified atom stereocenters. The highest BCUT2D eigenvalue weighted by Crippen LogP contribution is 2.15. The van der Waals surface area contributed by atoms with Crippen LogP contribution in [0.2, 0.25) is 0 Å². The molecule has 0 fully saturated rings. The zero-order valence-corrected chi connectivity index (χ0v) is 8.63. The Hall–Kier alpha value is -1.91. The van der Waals surface area contributed by atoms with E-state index in [-0.39, 0.29) is 12.2 Å². The number of rotatable bonds is 4. The van der Waals surface area contributed by atoms with Crippen molar-refractivity contribution >= 4 is 11.7 Å². The van der Waals surface area contributed by atoms with E-state index < -0.39 is 17.6 Å². The number of hydrogen-bond acceptors (Lipinski definition) is 2. The minimum atomic E-state index is -1.07. The summed E-state index contributed by atoms with van der Waals surface area (Å²) in [6, 6.07) is 3.04. The molecule has 1 rings (SSSR count). The van der Waals surface area contributed by atoms with Crippen LogP contribution in [-0.2, 0) is 4.79 Å². The van der Waals surface area contributed by atoms with Crippen molar-refractivity contribution < 1.29 is 18.7 Å². The molecule has 0 saturated heterocycles. The lowest BCUT2D eigenvalue weighted by atomic mass is 10.2. The van der Waals surface area contributed by atoms with Gasteiger partial charge in [0.1, 0.15) is 11.6 Å². The zero-order valence-electron chi connectivity index (χ0n) is 8.63. The molecule has 1 aromatic rings. The summed E-state index contributed by atoms with van der Waals surface area (Å²) in [5, 5.41) is 11.1. The Labute approximate surface area is 91.4 Å². The summed E-state index contributed by atoms with van der Waals surface area (Å²) in [7, 11) is 0. The number of aliphatic carboxylic acids is 1. The second kappa shape index (κ2) is 5.25. The molecule has 0 bridgehead atoms. The summed E-state index contributed by atoms with van der Waals surface area (Å²) in [5.41, 5.74) is 0.523. The van der Waals surface area contributed by atoms with Crippen LogP contribution in [0.3, 0.4) is 0 Å². The van der Waals surface area contributed by atoms with Gasteiger partial charge in [0, 0.05) is 12.6 Å². The highest BCUT2D eigenvalue weighted by molar-refractivity contribution is 5.80. The molecule has 0 amide bonds. The molecule has 3 nitrogen and oxygen atoms in total. The highest BCUT2D eigenvalue weighted by atomic mass is 19.1.